The van der Waals surface area contributed by atoms with Crippen LogP contribution in [-0.4, -0.2) is 31.7 Å². The SMILES string of the molecule is COc1ccc(CN(Cc2ccc(OC)cc2)CC(C)N)cc1. The van der Waals surface area contributed by atoms with Crippen molar-refractivity contribution in [1.29, 1.82) is 0 Å². The van der Waals surface area contributed by atoms with Gasteiger partial charge in [-0.2, -0.15) is 0 Å². The minimum atomic E-state index is 0.131. The summed E-state index contributed by atoms with van der Waals surface area (Å²) < 4.78 is 10.4. The molecule has 0 fully saturated rings. The van der Waals surface area contributed by atoms with Crippen LogP contribution in [0.25, 0.3) is 0 Å². The van der Waals surface area contributed by atoms with Crippen LogP contribution in [0.3, 0.4) is 0 Å². The molecule has 0 saturated carbocycles. The predicted octanol–water partition coefficient (Wildman–Crippen LogP) is 3.05. The second-order valence-corrected chi connectivity index (χ2v) is 5.84. The molecule has 2 rings (SSSR count). The highest BCUT2D eigenvalue weighted by atomic mass is 16.5. The Morgan fingerprint density at radius 2 is 1.22 bits per heavy atom. The zero-order chi connectivity index (χ0) is 16.7. The lowest BCUT2D eigenvalue weighted by molar-refractivity contribution is 0.244. The minimum absolute atomic E-state index is 0.131. The highest BCUT2D eigenvalue weighted by molar-refractivity contribution is 5.28. The Morgan fingerprint density at radius 1 is 0.826 bits per heavy atom. The number of benzene rings is 2. The maximum absolute atomic E-state index is 6.01. The molecule has 0 aliphatic heterocycles. The molecule has 0 heterocycles. The Balaban J connectivity index is 2.05. The van der Waals surface area contributed by atoms with E-state index < -0.39 is 0 Å². The first kappa shape index (κ1) is 17.3. The average Bonchev–Trinajstić information content (AvgIpc) is 2.55. The summed E-state index contributed by atoms with van der Waals surface area (Å²) in [5, 5.41) is 0. The molecule has 124 valence electrons. The van der Waals surface area contributed by atoms with E-state index in [0.29, 0.717) is 0 Å². The molecule has 2 N–H and O–H groups in total. The summed E-state index contributed by atoms with van der Waals surface area (Å²) in [6.45, 7) is 4.60. The summed E-state index contributed by atoms with van der Waals surface area (Å²) in [6, 6.07) is 16.5. The van der Waals surface area contributed by atoms with Gasteiger partial charge in [-0.3, -0.25) is 4.90 Å². The van der Waals surface area contributed by atoms with Gasteiger partial charge < -0.3 is 15.2 Å². The largest absolute Gasteiger partial charge is 0.497 e. The lowest BCUT2D eigenvalue weighted by Gasteiger charge is -2.24. The van der Waals surface area contributed by atoms with Gasteiger partial charge in [-0.05, 0) is 42.3 Å². The third kappa shape index (κ3) is 5.58. The van der Waals surface area contributed by atoms with E-state index in [0.717, 1.165) is 31.1 Å². The molecule has 0 radical (unpaired) electrons. The number of hydrogen-bond acceptors (Lipinski definition) is 4. The fourth-order valence-corrected chi connectivity index (χ4v) is 2.57. The van der Waals surface area contributed by atoms with Crippen LogP contribution in [0.4, 0.5) is 0 Å². The first-order chi connectivity index (χ1) is 11.1. The molecule has 2 aromatic rings. The summed E-state index contributed by atoms with van der Waals surface area (Å²) in [4.78, 5) is 2.36. The van der Waals surface area contributed by atoms with Gasteiger partial charge in [0.05, 0.1) is 14.2 Å². The van der Waals surface area contributed by atoms with Crippen molar-refractivity contribution in [1.82, 2.24) is 4.90 Å². The number of nitrogens with zero attached hydrogens (tertiary/aromatic N) is 1. The third-order valence-electron chi connectivity index (χ3n) is 3.68. The normalized spacial score (nSPS) is 12.2. The Hall–Kier alpha value is -2.04. The standard InChI is InChI=1S/C19H26N2O2/c1-15(20)12-21(13-16-4-8-18(22-2)9-5-16)14-17-6-10-19(23-3)11-7-17/h4-11,15H,12-14,20H2,1-3H3. The summed E-state index contributed by atoms with van der Waals surface area (Å²) in [6.07, 6.45) is 0. The fourth-order valence-electron chi connectivity index (χ4n) is 2.57. The smallest absolute Gasteiger partial charge is 0.118 e. The van der Waals surface area contributed by atoms with E-state index in [1.54, 1.807) is 14.2 Å². The van der Waals surface area contributed by atoms with Crippen LogP contribution in [0.5, 0.6) is 11.5 Å². The maximum atomic E-state index is 6.01. The van der Waals surface area contributed by atoms with Gasteiger partial charge in [0, 0.05) is 25.7 Å². The van der Waals surface area contributed by atoms with Crippen LogP contribution in [0.2, 0.25) is 0 Å². The molecule has 1 unspecified atom stereocenters. The van der Waals surface area contributed by atoms with Crippen molar-refractivity contribution in [3.05, 3.63) is 59.7 Å². The molecule has 0 spiro atoms. The first-order valence-electron chi connectivity index (χ1n) is 7.84. The summed E-state index contributed by atoms with van der Waals surface area (Å²) in [5.74, 6) is 1.75. The van der Waals surface area contributed by atoms with Crippen molar-refractivity contribution < 1.29 is 9.47 Å². The van der Waals surface area contributed by atoms with Gasteiger partial charge in [0.2, 0.25) is 0 Å². The van der Waals surface area contributed by atoms with Crippen molar-refractivity contribution >= 4 is 0 Å². The molecule has 0 aliphatic carbocycles. The predicted molar refractivity (Wildman–Crippen MR) is 93.8 cm³/mol. The second kappa shape index (κ2) is 8.56. The van der Waals surface area contributed by atoms with E-state index >= 15 is 0 Å². The molecule has 0 bridgehead atoms. The molecule has 4 heteroatoms. The Kier molecular flexibility index (Phi) is 6.44. The molecule has 1 atom stereocenters. The molecular weight excluding hydrogens is 288 g/mol. The molecular formula is C19H26N2O2. The van der Waals surface area contributed by atoms with Crippen molar-refractivity contribution in [2.75, 3.05) is 20.8 Å². The van der Waals surface area contributed by atoms with E-state index in [-0.39, 0.29) is 6.04 Å². The van der Waals surface area contributed by atoms with Crippen LogP contribution < -0.4 is 15.2 Å². The summed E-state index contributed by atoms with van der Waals surface area (Å²) in [5.41, 5.74) is 8.51. The number of nitrogens with two attached hydrogens (primary N) is 1. The van der Waals surface area contributed by atoms with Gasteiger partial charge in [-0.25, -0.2) is 0 Å². The van der Waals surface area contributed by atoms with E-state index in [9.17, 15) is 0 Å². The van der Waals surface area contributed by atoms with E-state index in [4.69, 9.17) is 15.2 Å². The van der Waals surface area contributed by atoms with Crippen molar-refractivity contribution in [2.45, 2.75) is 26.1 Å². The van der Waals surface area contributed by atoms with Gasteiger partial charge in [-0.1, -0.05) is 24.3 Å². The molecule has 4 nitrogen and oxygen atoms in total. The molecule has 0 aromatic heterocycles. The quantitative estimate of drug-likeness (QED) is 0.813. The number of methoxy groups -OCH3 is 2. The van der Waals surface area contributed by atoms with Gasteiger partial charge in [-0.15, -0.1) is 0 Å². The zero-order valence-electron chi connectivity index (χ0n) is 14.2. The van der Waals surface area contributed by atoms with Crippen LogP contribution in [0, 0.1) is 0 Å². The lowest BCUT2D eigenvalue weighted by Crippen LogP contribution is -2.34. The Morgan fingerprint density at radius 3 is 1.52 bits per heavy atom. The monoisotopic (exact) mass is 314 g/mol. The highest BCUT2D eigenvalue weighted by Gasteiger charge is 2.10. The Labute approximate surface area is 138 Å². The minimum Gasteiger partial charge on any atom is -0.497 e. The molecule has 0 aliphatic rings. The van der Waals surface area contributed by atoms with Gasteiger partial charge in [0.15, 0.2) is 0 Å². The van der Waals surface area contributed by atoms with E-state index in [2.05, 4.69) is 29.2 Å². The maximum Gasteiger partial charge on any atom is 0.118 e. The topological polar surface area (TPSA) is 47.7 Å². The molecule has 23 heavy (non-hydrogen) atoms. The highest BCUT2D eigenvalue weighted by Crippen LogP contribution is 2.16. The van der Waals surface area contributed by atoms with Crippen molar-refractivity contribution in [2.24, 2.45) is 5.73 Å². The lowest BCUT2D eigenvalue weighted by atomic mass is 10.1. The Bertz CT molecular complexity index is 530. The fraction of sp³-hybridized carbons (Fsp3) is 0.368. The van der Waals surface area contributed by atoms with E-state index in [1.165, 1.54) is 11.1 Å². The number of hydrogen-bond donors (Lipinski definition) is 1. The zero-order valence-corrected chi connectivity index (χ0v) is 14.2. The molecule has 0 amide bonds. The molecule has 2 aromatic carbocycles. The van der Waals surface area contributed by atoms with Gasteiger partial charge in [0.25, 0.3) is 0 Å². The molecule has 0 saturated heterocycles. The third-order valence-corrected chi connectivity index (χ3v) is 3.68. The number of rotatable bonds is 8. The van der Waals surface area contributed by atoms with Crippen LogP contribution in [0.1, 0.15) is 18.1 Å². The van der Waals surface area contributed by atoms with Crippen molar-refractivity contribution in [3.8, 4) is 11.5 Å². The van der Waals surface area contributed by atoms with Crippen LogP contribution in [0.15, 0.2) is 48.5 Å². The first-order valence-corrected chi connectivity index (χ1v) is 7.84. The number of ether oxygens (including phenoxy) is 2. The van der Waals surface area contributed by atoms with Crippen LogP contribution in [-0.2, 0) is 13.1 Å². The van der Waals surface area contributed by atoms with Crippen LogP contribution >= 0.6 is 0 Å². The van der Waals surface area contributed by atoms with Crippen molar-refractivity contribution in [3.63, 3.8) is 0 Å². The summed E-state index contributed by atoms with van der Waals surface area (Å²) in [7, 11) is 3.36. The van der Waals surface area contributed by atoms with Gasteiger partial charge >= 0.3 is 0 Å². The van der Waals surface area contributed by atoms with Gasteiger partial charge in [0.1, 0.15) is 11.5 Å². The summed E-state index contributed by atoms with van der Waals surface area (Å²) >= 11 is 0. The second-order valence-electron chi connectivity index (χ2n) is 5.84. The average molecular weight is 314 g/mol. The van der Waals surface area contributed by atoms with E-state index in [1.807, 2.05) is 31.2 Å².